The van der Waals surface area contributed by atoms with Crippen molar-refractivity contribution in [3.05, 3.63) is 72.3 Å². The molecule has 4 aromatic rings. The quantitative estimate of drug-likeness (QED) is 0.117. The highest BCUT2D eigenvalue weighted by Crippen LogP contribution is 2.56. The molecule has 0 saturated heterocycles. The topological polar surface area (TPSA) is 214 Å². The Morgan fingerprint density at radius 2 is 1.75 bits per heavy atom. The second-order valence-corrected chi connectivity index (χ2v) is 11.9. The van der Waals surface area contributed by atoms with Gasteiger partial charge >= 0.3 is 5.97 Å². The van der Waals surface area contributed by atoms with Gasteiger partial charge in [0, 0.05) is 13.1 Å². The molecule has 3 fully saturated rings. The summed E-state index contributed by atoms with van der Waals surface area (Å²) in [6.45, 7) is 0.276. The molecule has 2 bridgehead atoms. The van der Waals surface area contributed by atoms with Crippen LogP contribution in [0.15, 0.2) is 33.9 Å². The second kappa shape index (κ2) is 10.6. The van der Waals surface area contributed by atoms with E-state index in [9.17, 15) is 33.5 Å². The Hall–Kier alpha value is -4.99. The van der Waals surface area contributed by atoms with Crippen molar-refractivity contribution < 1.29 is 23.9 Å². The third-order valence-corrected chi connectivity index (χ3v) is 9.30. The minimum absolute atomic E-state index is 0.00591. The molecule has 3 aliphatic rings. The number of hydrogen-bond acceptors (Lipinski definition) is 10. The predicted molar refractivity (Wildman–Crippen MR) is 157 cm³/mol. The lowest BCUT2D eigenvalue weighted by Gasteiger charge is -2.51. The summed E-state index contributed by atoms with van der Waals surface area (Å²) in [5.41, 5.74) is 2.76. The summed E-state index contributed by atoms with van der Waals surface area (Å²) < 4.78 is 15.7. The second-order valence-electron chi connectivity index (χ2n) is 11.5. The summed E-state index contributed by atoms with van der Waals surface area (Å²) in [4.78, 5) is 65.7. The lowest BCUT2D eigenvalue weighted by Crippen LogP contribution is -2.50. The molecule has 16 heteroatoms. The van der Waals surface area contributed by atoms with E-state index in [1.54, 1.807) is 0 Å². The average molecular weight is 623 g/mol. The highest BCUT2D eigenvalue weighted by molar-refractivity contribution is 7.71. The monoisotopic (exact) mass is 622 g/mol. The van der Waals surface area contributed by atoms with Gasteiger partial charge in [-0.3, -0.25) is 24.0 Å². The minimum Gasteiger partial charge on any atom is -0.481 e. The number of carboxylic acids is 1. The lowest BCUT2D eigenvalue weighted by molar-refractivity contribution is -0.158. The van der Waals surface area contributed by atoms with Crippen molar-refractivity contribution in [2.24, 2.45) is 10.8 Å². The maximum Gasteiger partial charge on any atom is 0.309 e. The van der Waals surface area contributed by atoms with E-state index in [-0.39, 0.29) is 51.0 Å². The van der Waals surface area contributed by atoms with Gasteiger partial charge < -0.3 is 26.8 Å². The molecule has 0 spiro atoms. The van der Waals surface area contributed by atoms with Crippen LogP contribution < -0.4 is 32.5 Å². The number of benzene rings is 1. The summed E-state index contributed by atoms with van der Waals surface area (Å²) in [6.07, 6.45) is 3.84. The number of aromatic amines is 1. The molecule has 2 amide bonds. The van der Waals surface area contributed by atoms with Crippen LogP contribution in [0.2, 0.25) is 0 Å². The van der Waals surface area contributed by atoms with Gasteiger partial charge in [-0.1, -0.05) is 6.07 Å². The van der Waals surface area contributed by atoms with Crippen LogP contribution in [0.25, 0.3) is 5.78 Å². The molecule has 3 aliphatic carbocycles. The van der Waals surface area contributed by atoms with Crippen LogP contribution in [0, 0.1) is 21.4 Å². The number of halogens is 1. The third-order valence-electron chi connectivity index (χ3n) is 9.02. The highest BCUT2D eigenvalue weighted by Gasteiger charge is 2.52. The van der Waals surface area contributed by atoms with Crippen LogP contribution in [0.3, 0.4) is 0 Å². The minimum atomic E-state index is -0.851. The number of H-pyrrole nitrogens is 1. The van der Waals surface area contributed by atoms with Crippen LogP contribution in [-0.4, -0.2) is 49.0 Å². The maximum atomic E-state index is 14.4. The number of nitrogens with two attached hydrogens (primary N) is 1. The summed E-state index contributed by atoms with van der Waals surface area (Å²) >= 11 is 5.26. The van der Waals surface area contributed by atoms with Gasteiger partial charge in [0.25, 0.3) is 28.4 Å². The Morgan fingerprint density at radius 3 is 2.41 bits per heavy atom. The molecule has 14 nitrogen and oxygen atoms in total. The molecule has 0 unspecified atom stereocenters. The van der Waals surface area contributed by atoms with Crippen molar-refractivity contribution in [3.63, 3.8) is 0 Å². The molecule has 7 N–H and O–H groups in total. The smallest absolute Gasteiger partial charge is 0.309 e. The Bertz CT molecular complexity index is 1970. The van der Waals surface area contributed by atoms with Gasteiger partial charge in [0.1, 0.15) is 28.6 Å². The van der Waals surface area contributed by atoms with Crippen molar-refractivity contribution in [1.82, 2.24) is 30.2 Å². The molecule has 2 aromatic carbocycles. The first-order chi connectivity index (χ1) is 20.9. The number of aliphatic carboxylic acids is 1. The standard InChI is InChI=1S/C28H27FN8O6S/c29-14-2-1-13(9-15(14)33-19-18(30)20(38)21(19)39)11-31-23(41)17-10-16(34-25-35-36-26(44)37(17)25)22(40)32-12-27-3-6-28(7-4-27,8-5-27)24(42)43/h1-2,9-10,33H,3-8,11-12,30H2,(H,31,41)(H,32,40)(H,36,44)(H,42,43). The number of hydrogen-bond donors (Lipinski definition) is 6. The van der Waals surface area contributed by atoms with E-state index >= 15 is 0 Å². The van der Waals surface area contributed by atoms with Crippen molar-refractivity contribution in [2.75, 3.05) is 17.6 Å². The molecule has 0 atom stereocenters. The molecule has 7 rings (SSSR count). The zero-order valence-corrected chi connectivity index (χ0v) is 24.0. The highest BCUT2D eigenvalue weighted by atomic mass is 32.1. The van der Waals surface area contributed by atoms with Gasteiger partial charge in [0.05, 0.1) is 11.1 Å². The summed E-state index contributed by atoms with van der Waals surface area (Å²) in [7, 11) is 0. The summed E-state index contributed by atoms with van der Waals surface area (Å²) in [5, 5.41) is 24.4. The molecule has 228 valence electrons. The van der Waals surface area contributed by atoms with Crippen molar-refractivity contribution in [1.29, 1.82) is 0 Å². The van der Waals surface area contributed by atoms with Gasteiger partial charge in [-0.15, -0.1) is 5.10 Å². The summed E-state index contributed by atoms with van der Waals surface area (Å²) in [6, 6.07) is 5.20. The molecular weight excluding hydrogens is 595 g/mol. The number of carboxylic acid groups (broad SMARTS) is 1. The molecular formula is C28H27FN8O6S. The first kappa shape index (κ1) is 29.1. The van der Waals surface area contributed by atoms with Crippen LogP contribution in [0.4, 0.5) is 21.5 Å². The zero-order valence-electron chi connectivity index (χ0n) is 23.2. The number of carbonyl (C=O) groups excluding carboxylic acids is 2. The fourth-order valence-corrected chi connectivity index (χ4v) is 6.35. The van der Waals surface area contributed by atoms with E-state index in [4.69, 9.17) is 18.0 Å². The molecule has 3 saturated carbocycles. The van der Waals surface area contributed by atoms with Crippen LogP contribution in [0.5, 0.6) is 0 Å². The number of amides is 2. The average Bonchev–Trinajstić information content (AvgIpc) is 3.42. The molecule has 2 heterocycles. The maximum absolute atomic E-state index is 14.4. The Labute approximate surface area is 252 Å². The normalized spacial score (nSPS) is 20.9. The van der Waals surface area contributed by atoms with Gasteiger partial charge in [-0.05, 0) is 79.9 Å². The number of aromatic nitrogens is 4. The predicted octanol–water partition coefficient (Wildman–Crippen LogP) is 1.93. The molecule has 44 heavy (non-hydrogen) atoms. The number of fused-ring (bicyclic) bond motifs is 4. The van der Waals surface area contributed by atoms with Gasteiger partial charge in [0.15, 0.2) is 0 Å². The van der Waals surface area contributed by atoms with E-state index in [0.717, 1.165) is 6.07 Å². The SMILES string of the molecule is Nc1c(Nc2cc(CNC(=O)c3cc(C(=O)NCC45CCC(C(=O)O)(CC4)CC5)nc4n[nH]c(=S)n34)ccc2F)c(=O)c1=O. The summed E-state index contributed by atoms with van der Waals surface area (Å²) in [5.74, 6) is -2.59. The van der Waals surface area contributed by atoms with E-state index < -0.39 is 39.9 Å². The van der Waals surface area contributed by atoms with Crippen LogP contribution in [0.1, 0.15) is 65.1 Å². The number of nitrogens with one attached hydrogen (secondary N) is 4. The van der Waals surface area contributed by atoms with Gasteiger partial charge in [-0.2, -0.15) is 0 Å². The van der Waals surface area contributed by atoms with Gasteiger partial charge in [0.2, 0.25) is 4.77 Å². The van der Waals surface area contributed by atoms with E-state index in [1.807, 2.05) is 0 Å². The fraction of sp³-hybridized carbons (Fsp3) is 0.357. The Kier molecular flexibility index (Phi) is 7.02. The van der Waals surface area contributed by atoms with Crippen LogP contribution >= 0.6 is 12.2 Å². The Balaban J connectivity index is 1.17. The first-order valence-corrected chi connectivity index (χ1v) is 14.3. The zero-order chi connectivity index (χ0) is 31.4. The van der Waals surface area contributed by atoms with E-state index in [2.05, 4.69) is 31.1 Å². The number of rotatable bonds is 9. The van der Waals surface area contributed by atoms with E-state index in [1.165, 1.54) is 22.6 Å². The molecule has 2 aromatic heterocycles. The number of nitrogen functional groups attached to an aromatic ring is 1. The van der Waals surface area contributed by atoms with Gasteiger partial charge in [-0.25, -0.2) is 18.9 Å². The van der Waals surface area contributed by atoms with Crippen molar-refractivity contribution in [3.8, 4) is 0 Å². The number of anilines is 3. The largest absolute Gasteiger partial charge is 0.481 e. The first-order valence-electron chi connectivity index (χ1n) is 13.8. The number of carbonyl (C=O) groups is 3. The Morgan fingerprint density at radius 1 is 1.05 bits per heavy atom. The number of nitrogens with zero attached hydrogens (tertiary/aromatic N) is 3. The van der Waals surface area contributed by atoms with Crippen molar-refractivity contribution in [2.45, 2.75) is 45.1 Å². The molecule has 0 aliphatic heterocycles. The van der Waals surface area contributed by atoms with E-state index in [0.29, 0.717) is 50.6 Å². The van der Waals surface area contributed by atoms with Crippen molar-refractivity contribution >= 4 is 52.8 Å². The van der Waals surface area contributed by atoms with Crippen LogP contribution in [-0.2, 0) is 11.3 Å². The third kappa shape index (κ3) is 4.90. The molecule has 0 radical (unpaired) electrons. The lowest BCUT2D eigenvalue weighted by atomic mass is 9.53. The fourth-order valence-electron chi connectivity index (χ4n) is 6.12.